The number of fused-ring (bicyclic) bond motifs is 5. The van der Waals surface area contributed by atoms with Crippen molar-refractivity contribution >= 4 is 52.6 Å². The lowest BCUT2D eigenvalue weighted by Gasteiger charge is -2.51. The molecular formula is C38H31Cl2F3N4O6. The molecule has 0 radical (unpaired) electrons. The van der Waals surface area contributed by atoms with Crippen molar-refractivity contribution in [3.8, 4) is 11.5 Å². The minimum absolute atomic E-state index is 0.00497. The van der Waals surface area contributed by atoms with E-state index in [-0.39, 0.29) is 49.2 Å². The lowest BCUT2D eigenvalue weighted by atomic mass is 9.48. The normalized spacial score (nSPS) is 27.8. The molecule has 4 heterocycles. The van der Waals surface area contributed by atoms with Gasteiger partial charge < -0.3 is 9.84 Å². The number of aromatic nitrogens is 1. The first kappa shape index (κ1) is 35.2. The number of pyridine rings is 1. The van der Waals surface area contributed by atoms with Crippen LogP contribution in [-0.2, 0) is 37.2 Å². The molecule has 3 aliphatic heterocycles. The number of amides is 4. The van der Waals surface area contributed by atoms with Gasteiger partial charge in [-0.05, 0) is 72.7 Å². The van der Waals surface area contributed by atoms with Gasteiger partial charge in [0.2, 0.25) is 11.8 Å². The van der Waals surface area contributed by atoms with E-state index in [1.165, 1.54) is 17.2 Å². The number of ether oxygens (including phenoxy) is 1. The number of alkyl halides is 3. The van der Waals surface area contributed by atoms with E-state index in [2.05, 4.69) is 10.4 Å². The van der Waals surface area contributed by atoms with Crippen LogP contribution < -0.4 is 10.2 Å². The number of rotatable bonds is 6. The molecule has 8 rings (SSSR count). The van der Waals surface area contributed by atoms with E-state index >= 15 is 4.79 Å². The number of likely N-dealkylation sites (tertiary alicyclic amines) is 1. The van der Waals surface area contributed by atoms with Crippen LogP contribution in [0.3, 0.4) is 0 Å². The second kappa shape index (κ2) is 12.6. The summed E-state index contributed by atoms with van der Waals surface area (Å²) in [5.41, 5.74) is 2.14. The molecule has 6 unspecified atom stereocenters. The number of phenolic OH excluding ortho intramolecular Hbond substituents is 1. The number of hydrazine groups is 1. The zero-order chi connectivity index (χ0) is 37.6. The van der Waals surface area contributed by atoms with Gasteiger partial charge in [-0.1, -0.05) is 53.9 Å². The van der Waals surface area contributed by atoms with Gasteiger partial charge in [0.05, 0.1) is 40.0 Å². The van der Waals surface area contributed by atoms with E-state index in [0.717, 1.165) is 5.01 Å². The van der Waals surface area contributed by atoms with Crippen molar-refractivity contribution in [2.24, 2.45) is 29.6 Å². The van der Waals surface area contributed by atoms with Crippen LogP contribution in [0, 0.1) is 29.6 Å². The van der Waals surface area contributed by atoms with Gasteiger partial charge in [0.15, 0.2) is 5.82 Å². The Kier molecular flexibility index (Phi) is 8.37. The Morgan fingerprint density at radius 3 is 2.47 bits per heavy atom. The number of carbonyl (C=O) groups is 4. The Balaban J connectivity index is 1.31. The van der Waals surface area contributed by atoms with Crippen molar-refractivity contribution in [3.63, 3.8) is 0 Å². The van der Waals surface area contributed by atoms with Crippen molar-refractivity contribution in [1.29, 1.82) is 0 Å². The zero-order valence-corrected chi connectivity index (χ0v) is 29.5. The van der Waals surface area contributed by atoms with Crippen LogP contribution in [0.1, 0.15) is 42.9 Å². The van der Waals surface area contributed by atoms with Crippen LogP contribution in [0.25, 0.3) is 0 Å². The molecular weight excluding hydrogens is 736 g/mol. The third-order valence-electron chi connectivity index (χ3n) is 11.2. The number of imide groups is 2. The second-order valence-corrected chi connectivity index (χ2v) is 14.9. The number of nitrogens with zero attached hydrogens (tertiary/aromatic N) is 3. The predicted octanol–water partition coefficient (Wildman–Crippen LogP) is 6.86. The second-order valence-electron chi connectivity index (χ2n) is 14.0. The van der Waals surface area contributed by atoms with Crippen LogP contribution in [0.2, 0.25) is 10.0 Å². The smallest absolute Gasteiger partial charge is 0.417 e. The Labute approximate surface area is 311 Å². The number of hydrogen-bond donors (Lipinski definition) is 2. The van der Waals surface area contributed by atoms with Crippen molar-refractivity contribution in [2.45, 2.75) is 44.2 Å². The van der Waals surface area contributed by atoms with Gasteiger partial charge in [0, 0.05) is 35.7 Å². The van der Waals surface area contributed by atoms with Crippen molar-refractivity contribution in [3.05, 3.63) is 105 Å². The maximum Gasteiger partial charge on any atom is 0.417 e. The molecule has 3 aromatic rings. The molecule has 2 aromatic carbocycles. The number of aromatic hydroxyl groups is 1. The lowest BCUT2D eigenvalue weighted by Crippen LogP contribution is -2.55. The molecule has 2 saturated heterocycles. The Hall–Kier alpha value is -4.88. The van der Waals surface area contributed by atoms with Crippen molar-refractivity contribution in [2.75, 3.05) is 12.0 Å². The van der Waals surface area contributed by atoms with Crippen LogP contribution in [0.5, 0.6) is 11.5 Å². The maximum atomic E-state index is 15.3. The Morgan fingerprint density at radius 1 is 1.02 bits per heavy atom. The lowest BCUT2D eigenvalue weighted by molar-refractivity contribution is -0.141. The van der Waals surface area contributed by atoms with Gasteiger partial charge in [-0.2, -0.15) is 18.2 Å². The first-order chi connectivity index (χ1) is 25.2. The molecule has 1 aromatic heterocycles. The standard InChI is InChI=1S/C38H31Cl2F3N4O6/c1-2-11-46-33(49)25-9-8-24-26(30(25)35(46)51)15-27-34(50)47(45-32-28(40)14-21(16-44-32)38(41,42)43)36(52)37(27,20-3-5-22(39)6-4-20)31(24)19-12-18-13-23(48)7-10-29(18)53-17-19/h3-8,10,13-14,16-17,25-27,30-31,48H,2,9,11-12,15H2,1H3,(H,44,45). The van der Waals surface area contributed by atoms with E-state index in [9.17, 15) is 32.7 Å². The largest absolute Gasteiger partial charge is 0.508 e. The monoisotopic (exact) mass is 766 g/mol. The minimum Gasteiger partial charge on any atom is -0.508 e. The fourth-order valence-electron chi connectivity index (χ4n) is 9.11. The average molecular weight is 768 g/mol. The van der Waals surface area contributed by atoms with Gasteiger partial charge in [-0.15, -0.1) is 0 Å². The topological polar surface area (TPSA) is 129 Å². The number of benzene rings is 2. The molecule has 53 heavy (non-hydrogen) atoms. The molecule has 274 valence electrons. The summed E-state index contributed by atoms with van der Waals surface area (Å²) in [6.07, 6.45) is 0.252. The van der Waals surface area contributed by atoms with Gasteiger partial charge >= 0.3 is 6.18 Å². The summed E-state index contributed by atoms with van der Waals surface area (Å²) in [5, 5.41) is 11.0. The highest BCUT2D eigenvalue weighted by molar-refractivity contribution is 6.33. The Bertz CT molecular complexity index is 2160. The van der Waals surface area contributed by atoms with E-state index < -0.39 is 63.6 Å². The fraction of sp³-hybridized carbons (Fsp3) is 0.342. The fourth-order valence-corrected chi connectivity index (χ4v) is 9.44. The summed E-state index contributed by atoms with van der Waals surface area (Å²) in [6, 6.07) is 11.8. The number of phenols is 1. The molecule has 0 bridgehead atoms. The summed E-state index contributed by atoms with van der Waals surface area (Å²) in [4.78, 5) is 62.8. The predicted molar refractivity (Wildman–Crippen MR) is 185 cm³/mol. The average Bonchev–Trinajstić information content (AvgIpc) is 3.49. The van der Waals surface area contributed by atoms with Crippen molar-refractivity contribution < 1.29 is 42.2 Å². The first-order valence-corrected chi connectivity index (χ1v) is 17.9. The first-order valence-electron chi connectivity index (χ1n) is 17.1. The number of halogens is 5. The number of carbonyl (C=O) groups excluding carboxylic acids is 4. The summed E-state index contributed by atoms with van der Waals surface area (Å²) in [5.74, 6) is -6.02. The molecule has 10 nitrogen and oxygen atoms in total. The highest BCUT2D eigenvalue weighted by Crippen LogP contribution is 2.63. The van der Waals surface area contributed by atoms with Gasteiger partial charge in [-0.25, -0.2) is 4.98 Å². The minimum atomic E-state index is -4.74. The molecule has 15 heteroatoms. The van der Waals surface area contributed by atoms with E-state index in [1.54, 1.807) is 36.4 Å². The van der Waals surface area contributed by atoms with Crippen LogP contribution in [-0.4, -0.2) is 50.2 Å². The summed E-state index contributed by atoms with van der Waals surface area (Å²) >= 11 is 12.6. The molecule has 1 saturated carbocycles. The SMILES string of the molecule is CCCN1C(=O)C2CC=C3C(CC4C(=O)N(Nc5ncc(C(F)(F)F)cc5Cl)C(=O)C4(c4ccc(Cl)cc4)C3C3=COc4ccc(O)cc4C3)C2C1=O. The highest BCUT2D eigenvalue weighted by atomic mass is 35.5. The number of nitrogens with one attached hydrogen (secondary N) is 1. The quantitative estimate of drug-likeness (QED) is 0.206. The number of hydrogen-bond acceptors (Lipinski definition) is 8. The molecule has 5 aliphatic rings. The van der Waals surface area contributed by atoms with E-state index in [1.807, 2.05) is 13.0 Å². The van der Waals surface area contributed by atoms with Gasteiger partial charge in [0.1, 0.15) is 11.5 Å². The molecule has 6 atom stereocenters. The molecule has 4 amide bonds. The number of allylic oxidation sites excluding steroid dienone is 3. The summed E-state index contributed by atoms with van der Waals surface area (Å²) in [6.45, 7) is 2.13. The summed E-state index contributed by atoms with van der Waals surface area (Å²) in [7, 11) is 0. The zero-order valence-electron chi connectivity index (χ0n) is 28.0. The number of anilines is 1. The van der Waals surface area contributed by atoms with Gasteiger partial charge in [0.25, 0.3) is 11.8 Å². The third-order valence-corrected chi connectivity index (χ3v) is 11.8. The molecule has 2 N–H and O–H groups in total. The van der Waals surface area contributed by atoms with Crippen LogP contribution in [0.4, 0.5) is 19.0 Å². The van der Waals surface area contributed by atoms with Crippen LogP contribution >= 0.6 is 23.2 Å². The molecule has 0 spiro atoms. The van der Waals surface area contributed by atoms with E-state index in [0.29, 0.717) is 51.7 Å². The maximum absolute atomic E-state index is 15.3. The highest BCUT2D eigenvalue weighted by Gasteiger charge is 2.70. The van der Waals surface area contributed by atoms with Crippen molar-refractivity contribution in [1.82, 2.24) is 14.9 Å². The van der Waals surface area contributed by atoms with Crippen LogP contribution in [0.15, 0.2) is 78.2 Å². The van der Waals surface area contributed by atoms with E-state index in [4.69, 9.17) is 27.9 Å². The summed E-state index contributed by atoms with van der Waals surface area (Å²) < 4.78 is 46.5. The Morgan fingerprint density at radius 2 is 1.77 bits per heavy atom. The third kappa shape index (κ3) is 5.33. The van der Waals surface area contributed by atoms with Gasteiger partial charge in [-0.3, -0.25) is 29.5 Å². The molecule has 3 fully saturated rings. The molecule has 2 aliphatic carbocycles.